The molecule has 2 heterocycles. The molecule has 2 amide bonds. The summed E-state index contributed by atoms with van der Waals surface area (Å²) in [5.74, 6) is 0.366. The van der Waals surface area contributed by atoms with Crippen LogP contribution in [0.4, 0.5) is 10.5 Å². The van der Waals surface area contributed by atoms with E-state index in [0.29, 0.717) is 5.75 Å². The lowest BCUT2D eigenvalue weighted by Gasteiger charge is -2.03. The van der Waals surface area contributed by atoms with E-state index in [-0.39, 0.29) is 29.9 Å². The number of amides is 2. The van der Waals surface area contributed by atoms with Gasteiger partial charge in [0.25, 0.3) is 5.65 Å². The summed E-state index contributed by atoms with van der Waals surface area (Å²) in [5, 5.41) is 5.18. The number of benzene rings is 1. The predicted octanol–water partition coefficient (Wildman–Crippen LogP) is -0.889. The summed E-state index contributed by atoms with van der Waals surface area (Å²) < 4.78 is 9.10. The third-order valence-corrected chi connectivity index (χ3v) is 3.81. The van der Waals surface area contributed by atoms with Gasteiger partial charge in [0.2, 0.25) is 5.91 Å². The van der Waals surface area contributed by atoms with Gasteiger partial charge in [0.15, 0.2) is 5.69 Å². The molecule has 0 fully saturated rings. The van der Waals surface area contributed by atoms with Gasteiger partial charge in [-0.25, -0.2) is 13.8 Å². The summed E-state index contributed by atoms with van der Waals surface area (Å²) in [6.07, 6.45) is 3.34. The van der Waals surface area contributed by atoms with Crippen molar-refractivity contribution >= 4 is 23.3 Å². The van der Waals surface area contributed by atoms with Crippen LogP contribution in [0.2, 0.25) is 0 Å². The minimum Gasteiger partial charge on any atom is -1.00 e. The van der Waals surface area contributed by atoms with E-state index in [2.05, 4.69) is 10.6 Å². The van der Waals surface area contributed by atoms with Crippen molar-refractivity contribution in [3.05, 3.63) is 48.8 Å². The number of nitrogens with one attached hydrogen (secondary N) is 2. The Morgan fingerprint density at radius 1 is 1.08 bits per heavy atom. The SMILES string of the molecule is CNC(=O)Oc1ccc(-c2c[n+]3cc(NC(C)=O)ccc3n2C)cc1.[I-]. The highest BCUT2D eigenvalue weighted by atomic mass is 127. The Hall–Kier alpha value is -2.62. The minimum atomic E-state index is -0.501. The lowest BCUT2D eigenvalue weighted by molar-refractivity contribution is -0.509. The van der Waals surface area contributed by atoms with E-state index in [9.17, 15) is 9.59 Å². The third-order valence-electron chi connectivity index (χ3n) is 3.81. The second-order valence-electron chi connectivity index (χ2n) is 5.60. The smallest absolute Gasteiger partial charge is 0.412 e. The first-order valence-corrected chi connectivity index (χ1v) is 7.76. The van der Waals surface area contributed by atoms with Crippen molar-refractivity contribution < 1.29 is 42.7 Å². The molecule has 0 unspecified atom stereocenters. The van der Waals surface area contributed by atoms with E-state index < -0.39 is 6.09 Å². The Bertz CT molecular complexity index is 951. The Morgan fingerprint density at radius 3 is 2.38 bits per heavy atom. The molecule has 7 nitrogen and oxygen atoms in total. The lowest BCUT2D eigenvalue weighted by atomic mass is 10.1. The number of nitrogens with zero attached hydrogens (tertiary/aromatic N) is 2. The molecule has 0 atom stereocenters. The van der Waals surface area contributed by atoms with Gasteiger partial charge in [-0.05, 0) is 30.3 Å². The second kappa shape index (κ2) is 8.17. The van der Waals surface area contributed by atoms with Gasteiger partial charge in [0.05, 0.1) is 12.7 Å². The van der Waals surface area contributed by atoms with Crippen molar-refractivity contribution in [2.24, 2.45) is 7.05 Å². The average Bonchev–Trinajstić information content (AvgIpc) is 2.91. The van der Waals surface area contributed by atoms with Crippen LogP contribution in [-0.4, -0.2) is 23.6 Å². The van der Waals surface area contributed by atoms with E-state index in [1.807, 2.05) is 52.7 Å². The van der Waals surface area contributed by atoms with Crippen LogP contribution in [0.15, 0.2) is 48.8 Å². The lowest BCUT2D eigenvalue weighted by Crippen LogP contribution is -3.00. The number of aryl methyl sites for hydroxylation is 1. The largest absolute Gasteiger partial charge is 1.00 e. The number of fused-ring (bicyclic) bond motifs is 1. The highest BCUT2D eigenvalue weighted by Gasteiger charge is 2.16. The first kappa shape index (κ1) is 19.7. The maximum atomic E-state index is 11.2. The zero-order valence-corrected chi connectivity index (χ0v) is 16.8. The van der Waals surface area contributed by atoms with E-state index in [0.717, 1.165) is 22.6 Å². The molecule has 0 saturated carbocycles. The molecule has 3 rings (SSSR count). The monoisotopic (exact) mass is 466 g/mol. The van der Waals surface area contributed by atoms with Crippen molar-refractivity contribution in [2.75, 3.05) is 12.4 Å². The number of halogens is 1. The molecule has 0 aliphatic heterocycles. The number of pyridine rings is 1. The first-order chi connectivity index (χ1) is 12.0. The topological polar surface area (TPSA) is 76.5 Å². The standard InChI is InChI=1S/C18H18N4O3.HI/c1-12(23)20-14-6-9-17-21(3)16(11-22(17)10-14)13-4-7-15(8-5-13)25-18(24)19-2;/h4-11H,1-3H3,(H-,19,20,23,24);1H. The van der Waals surface area contributed by atoms with Crippen LogP contribution >= 0.6 is 0 Å². The van der Waals surface area contributed by atoms with Crippen LogP contribution in [0.3, 0.4) is 0 Å². The van der Waals surface area contributed by atoms with Gasteiger partial charge < -0.3 is 39.3 Å². The minimum absolute atomic E-state index is 0. The molecule has 0 aliphatic rings. The zero-order chi connectivity index (χ0) is 18.0. The third kappa shape index (κ3) is 4.13. The molecule has 0 spiro atoms. The number of hydrogen-bond donors (Lipinski definition) is 2. The molecule has 0 saturated heterocycles. The summed E-state index contributed by atoms with van der Waals surface area (Å²) in [5.41, 5.74) is 3.69. The molecule has 136 valence electrons. The summed E-state index contributed by atoms with van der Waals surface area (Å²) in [6.45, 7) is 1.48. The Labute approximate surface area is 168 Å². The van der Waals surface area contributed by atoms with Crippen molar-refractivity contribution in [2.45, 2.75) is 6.92 Å². The number of anilines is 1. The quantitative estimate of drug-likeness (QED) is 0.389. The molecule has 0 radical (unpaired) electrons. The number of rotatable bonds is 3. The normalized spacial score (nSPS) is 10.1. The summed E-state index contributed by atoms with van der Waals surface area (Å²) >= 11 is 0. The van der Waals surface area contributed by atoms with E-state index in [1.54, 1.807) is 12.1 Å². The molecule has 8 heteroatoms. The van der Waals surface area contributed by atoms with E-state index >= 15 is 0 Å². The maximum Gasteiger partial charge on any atom is 0.412 e. The number of imidazole rings is 1. The molecule has 0 bridgehead atoms. The average molecular weight is 466 g/mol. The Balaban J connectivity index is 0.00000243. The van der Waals surface area contributed by atoms with Gasteiger partial charge in [-0.3, -0.25) is 4.79 Å². The number of ether oxygens (including phenoxy) is 1. The van der Waals surface area contributed by atoms with Crippen LogP contribution in [0.5, 0.6) is 5.75 Å². The zero-order valence-electron chi connectivity index (χ0n) is 14.6. The van der Waals surface area contributed by atoms with Gasteiger partial charge >= 0.3 is 6.09 Å². The number of carbonyl (C=O) groups excluding carboxylic acids is 2. The molecule has 2 N–H and O–H groups in total. The van der Waals surface area contributed by atoms with Crippen LogP contribution in [0.1, 0.15) is 6.92 Å². The number of hydrogen-bond acceptors (Lipinski definition) is 3. The molecule has 2 aromatic heterocycles. The fraction of sp³-hybridized carbons (Fsp3) is 0.167. The number of aromatic nitrogens is 2. The van der Waals surface area contributed by atoms with Gasteiger partial charge in [-0.2, -0.15) is 0 Å². The second-order valence-corrected chi connectivity index (χ2v) is 5.60. The van der Waals surface area contributed by atoms with Gasteiger partial charge in [-0.1, -0.05) is 0 Å². The molecular formula is C18H19IN4O3. The van der Waals surface area contributed by atoms with Crippen LogP contribution in [-0.2, 0) is 11.8 Å². The molecule has 26 heavy (non-hydrogen) atoms. The van der Waals surface area contributed by atoms with Crippen LogP contribution in [0, 0.1) is 0 Å². The van der Waals surface area contributed by atoms with Gasteiger partial charge in [0, 0.05) is 25.6 Å². The van der Waals surface area contributed by atoms with Crippen molar-refractivity contribution in [3.63, 3.8) is 0 Å². The van der Waals surface area contributed by atoms with Crippen LogP contribution in [0.25, 0.3) is 16.9 Å². The fourth-order valence-electron chi connectivity index (χ4n) is 2.64. The maximum absolute atomic E-state index is 11.2. The van der Waals surface area contributed by atoms with E-state index in [1.165, 1.54) is 14.0 Å². The van der Waals surface area contributed by atoms with Crippen LogP contribution < -0.4 is 43.7 Å². The number of carbonyl (C=O) groups is 2. The van der Waals surface area contributed by atoms with Crippen molar-refractivity contribution in [3.8, 4) is 17.0 Å². The summed E-state index contributed by atoms with van der Waals surface area (Å²) in [4.78, 5) is 22.5. The fourth-order valence-corrected chi connectivity index (χ4v) is 2.64. The first-order valence-electron chi connectivity index (χ1n) is 7.76. The highest BCUT2D eigenvalue weighted by Crippen LogP contribution is 2.23. The molecular weight excluding hydrogens is 447 g/mol. The van der Waals surface area contributed by atoms with Crippen molar-refractivity contribution in [1.29, 1.82) is 0 Å². The summed E-state index contributed by atoms with van der Waals surface area (Å²) in [6, 6.07) is 11.1. The molecule has 1 aromatic carbocycles. The molecule has 0 aliphatic carbocycles. The predicted molar refractivity (Wildman–Crippen MR) is 93.4 cm³/mol. The van der Waals surface area contributed by atoms with E-state index in [4.69, 9.17) is 4.74 Å². The van der Waals surface area contributed by atoms with Gasteiger partial charge in [0.1, 0.15) is 18.1 Å². The Morgan fingerprint density at radius 2 is 1.77 bits per heavy atom. The Kier molecular flexibility index (Phi) is 6.19. The van der Waals surface area contributed by atoms with Crippen molar-refractivity contribution in [1.82, 2.24) is 9.88 Å². The summed E-state index contributed by atoms with van der Waals surface area (Å²) in [7, 11) is 3.48. The molecule has 3 aromatic rings. The van der Waals surface area contributed by atoms with Gasteiger partial charge in [-0.15, -0.1) is 0 Å². The highest BCUT2D eigenvalue weighted by molar-refractivity contribution is 5.88.